The minimum absolute atomic E-state index is 0.212. The van der Waals surface area contributed by atoms with E-state index >= 15 is 0 Å². The number of aromatic nitrogens is 2. The minimum Gasteiger partial charge on any atom is -0.494 e. The fourth-order valence-electron chi connectivity index (χ4n) is 2.17. The molecule has 5 nitrogen and oxygen atoms in total. The SMILES string of the molecule is CCOc1ccc(S(=O)(=O)n2ccc(C)n2)cc1C(C)(C)C. The van der Waals surface area contributed by atoms with Gasteiger partial charge in [-0.3, -0.25) is 0 Å². The standard InChI is InChI=1S/C16H22N2O3S/c1-6-21-15-8-7-13(11-14(15)16(3,4)5)22(19,20)18-10-9-12(2)17-18/h7-11H,6H2,1-5H3. The highest BCUT2D eigenvalue weighted by Crippen LogP contribution is 2.33. The molecule has 1 aromatic heterocycles. The van der Waals surface area contributed by atoms with E-state index in [1.54, 1.807) is 31.2 Å². The Kier molecular flexibility index (Phi) is 4.33. The van der Waals surface area contributed by atoms with E-state index in [1.807, 2.05) is 27.7 Å². The molecule has 22 heavy (non-hydrogen) atoms. The van der Waals surface area contributed by atoms with Crippen LogP contribution in [0.1, 0.15) is 39.0 Å². The van der Waals surface area contributed by atoms with Gasteiger partial charge in [-0.05, 0) is 43.5 Å². The largest absolute Gasteiger partial charge is 0.494 e. The summed E-state index contributed by atoms with van der Waals surface area (Å²) in [4.78, 5) is 0.212. The zero-order chi connectivity index (χ0) is 16.5. The van der Waals surface area contributed by atoms with Crippen molar-refractivity contribution in [1.29, 1.82) is 0 Å². The molecule has 0 aliphatic heterocycles. The van der Waals surface area contributed by atoms with Gasteiger partial charge in [0.15, 0.2) is 0 Å². The molecule has 0 saturated carbocycles. The summed E-state index contributed by atoms with van der Waals surface area (Å²) in [5.74, 6) is 0.714. The number of benzene rings is 1. The summed E-state index contributed by atoms with van der Waals surface area (Å²) in [5.41, 5.74) is 1.29. The van der Waals surface area contributed by atoms with Gasteiger partial charge >= 0.3 is 0 Å². The van der Waals surface area contributed by atoms with Gasteiger partial charge in [-0.2, -0.15) is 17.6 Å². The van der Waals surface area contributed by atoms with E-state index in [2.05, 4.69) is 5.10 Å². The molecule has 2 rings (SSSR count). The molecule has 0 aliphatic carbocycles. The Morgan fingerprint density at radius 1 is 1.23 bits per heavy atom. The number of aryl methyl sites for hydroxylation is 1. The zero-order valence-corrected chi connectivity index (χ0v) is 14.4. The van der Waals surface area contributed by atoms with Crippen molar-refractivity contribution < 1.29 is 13.2 Å². The second-order valence-electron chi connectivity index (χ2n) is 6.18. The maximum absolute atomic E-state index is 12.7. The van der Waals surface area contributed by atoms with Gasteiger partial charge in [0.2, 0.25) is 0 Å². The molecule has 0 atom stereocenters. The molecule has 1 heterocycles. The van der Waals surface area contributed by atoms with Crippen LogP contribution in [0.15, 0.2) is 35.4 Å². The lowest BCUT2D eigenvalue weighted by molar-refractivity contribution is 0.329. The summed E-state index contributed by atoms with van der Waals surface area (Å²) in [6, 6.07) is 6.62. The molecule has 0 fully saturated rings. The lowest BCUT2D eigenvalue weighted by Crippen LogP contribution is -2.18. The summed E-state index contributed by atoms with van der Waals surface area (Å²) in [7, 11) is -3.68. The van der Waals surface area contributed by atoms with Crippen LogP contribution >= 0.6 is 0 Å². The van der Waals surface area contributed by atoms with E-state index in [0.29, 0.717) is 18.1 Å². The molecule has 120 valence electrons. The average molecular weight is 322 g/mol. The van der Waals surface area contributed by atoms with E-state index in [4.69, 9.17) is 4.74 Å². The van der Waals surface area contributed by atoms with Gasteiger partial charge in [0.1, 0.15) is 5.75 Å². The van der Waals surface area contributed by atoms with Crippen LogP contribution in [0, 0.1) is 6.92 Å². The fraction of sp³-hybridized carbons (Fsp3) is 0.438. The number of hydrogen-bond acceptors (Lipinski definition) is 4. The van der Waals surface area contributed by atoms with Crippen molar-refractivity contribution in [1.82, 2.24) is 9.19 Å². The predicted molar refractivity (Wildman–Crippen MR) is 85.9 cm³/mol. The first kappa shape index (κ1) is 16.5. The highest BCUT2D eigenvalue weighted by atomic mass is 32.2. The highest BCUT2D eigenvalue weighted by Gasteiger charge is 2.24. The van der Waals surface area contributed by atoms with Gasteiger partial charge in [-0.15, -0.1) is 0 Å². The first-order valence-electron chi connectivity index (χ1n) is 7.21. The van der Waals surface area contributed by atoms with Gasteiger partial charge in [-0.25, -0.2) is 0 Å². The second-order valence-corrected chi connectivity index (χ2v) is 7.97. The first-order valence-corrected chi connectivity index (χ1v) is 8.65. The van der Waals surface area contributed by atoms with Crippen molar-refractivity contribution in [3.63, 3.8) is 0 Å². The van der Waals surface area contributed by atoms with Gasteiger partial charge in [0, 0.05) is 11.8 Å². The number of hydrogen-bond donors (Lipinski definition) is 0. The molecule has 0 spiro atoms. The maximum Gasteiger partial charge on any atom is 0.282 e. The predicted octanol–water partition coefficient (Wildman–Crippen LogP) is 3.12. The van der Waals surface area contributed by atoms with Crippen LogP contribution in [0.3, 0.4) is 0 Å². The van der Waals surface area contributed by atoms with Crippen LogP contribution in [0.25, 0.3) is 0 Å². The van der Waals surface area contributed by atoms with Crippen LogP contribution < -0.4 is 4.74 Å². The van der Waals surface area contributed by atoms with Gasteiger partial charge < -0.3 is 4.74 Å². The maximum atomic E-state index is 12.7. The van der Waals surface area contributed by atoms with Gasteiger partial charge in [0.25, 0.3) is 10.0 Å². The summed E-state index contributed by atoms with van der Waals surface area (Å²) in [6.07, 6.45) is 1.46. The van der Waals surface area contributed by atoms with Crippen molar-refractivity contribution in [3.8, 4) is 5.75 Å². The van der Waals surface area contributed by atoms with E-state index in [9.17, 15) is 8.42 Å². The molecule has 0 radical (unpaired) electrons. The monoisotopic (exact) mass is 322 g/mol. The van der Waals surface area contributed by atoms with Gasteiger partial charge in [0.05, 0.1) is 17.2 Å². The van der Waals surface area contributed by atoms with Gasteiger partial charge in [-0.1, -0.05) is 20.8 Å². The molecule has 0 aliphatic rings. The Hall–Kier alpha value is -1.82. The van der Waals surface area contributed by atoms with Crippen LogP contribution in [0.5, 0.6) is 5.75 Å². The lowest BCUT2D eigenvalue weighted by atomic mass is 9.86. The molecular weight excluding hydrogens is 300 g/mol. The van der Waals surface area contributed by atoms with E-state index in [0.717, 1.165) is 9.65 Å². The van der Waals surface area contributed by atoms with Crippen molar-refractivity contribution in [3.05, 3.63) is 41.7 Å². The Balaban J connectivity index is 2.58. The van der Waals surface area contributed by atoms with Crippen LogP contribution in [0.2, 0.25) is 0 Å². The second kappa shape index (κ2) is 5.76. The molecule has 0 saturated heterocycles. The van der Waals surface area contributed by atoms with E-state index in [-0.39, 0.29) is 10.3 Å². The molecule has 2 aromatic rings. The summed E-state index contributed by atoms with van der Waals surface area (Å²) in [5, 5.41) is 4.01. The van der Waals surface area contributed by atoms with E-state index < -0.39 is 10.0 Å². The number of rotatable bonds is 4. The Bertz CT molecular complexity index is 771. The normalized spacial score (nSPS) is 12.4. The van der Waals surface area contributed by atoms with Crippen LogP contribution in [-0.4, -0.2) is 24.2 Å². The molecule has 0 N–H and O–H groups in total. The Labute approximate surface area is 132 Å². The molecule has 0 bridgehead atoms. The first-order chi connectivity index (χ1) is 10.2. The molecule has 1 aromatic carbocycles. The zero-order valence-electron chi connectivity index (χ0n) is 13.6. The Morgan fingerprint density at radius 2 is 1.91 bits per heavy atom. The number of nitrogens with zero attached hydrogens (tertiary/aromatic N) is 2. The van der Waals surface area contributed by atoms with Crippen molar-refractivity contribution in [2.75, 3.05) is 6.61 Å². The van der Waals surface area contributed by atoms with E-state index in [1.165, 1.54) is 6.20 Å². The molecular formula is C16H22N2O3S. The molecule has 6 heteroatoms. The summed E-state index contributed by atoms with van der Waals surface area (Å²) >= 11 is 0. The van der Waals surface area contributed by atoms with Crippen LogP contribution in [-0.2, 0) is 15.4 Å². The quantitative estimate of drug-likeness (QED) is 0.867. The summed E-state index contributed by atoms with van der Waals surface area (Å²) < 4.78 is 31.9. The third-order valence-corrected chi connectivity index (χ3v) is 4.85. The smallest absolute Gasteiger partial charge is 0.282 e. The topological polar surface area (TPSA) is 61.2 Å². The molecule has 0 amide bonds. The lowest BCUT2D eigenvalue weighted by Gasteiger charge is -2.23. The molecule has 0 unspecified atom stereocenters. The van der Waals surface area contributed by atoms with Crippen molar-refractivity contribution in [2.45, 2.75) is 44.9 Å². The van der Waals surface area contributed by atoms with Crippen LogP contribution in [0.4, 0.5) is 0 Å². The Morgan fingerprint density at radius 3 is 2.41 bits per heavy atom. The fourth-order valence-corrected chi connectivity index (χ4v) is 3.35. The third kappa shape index (κ3) is 3.16. The third-order valence-electron chi connectivity index (χ3n) is 3.30. The van der Waals surface area contributed by atoms with Crippen molar-refractivity contribution >= 4 is 10.0 Å². The average Bonchev–Trinajstić information content (AvgIpc) is 2.85. The number of ether oxygens (including phenoxy) is 1. The minimum atomic E-state index is -3.68. The highest BCUT2D eigenvalue weighted by molar-refractivity contribution is 7.89. The van der Waals surface area contributed by atoms with Crippen molar-refractivity contribution in [2.24, 2.45) is 0 Å². The summed E-state index contributed by atoms with van der Waals surface area (Å²) in [6.45, 7) is 10.3.